The van der Waals surface area contributed by atoms with Crippen LogP contribution in [0.3, 0.4) is 0 Å². The van der Waals surface area contributed by atoms with E-state index in [0.29, 0.717) is 29.2 Å². The van der Waals surface area contributed by atoms with Crippen LogP contribution >= 0.6 is 0 Å². The van der Waals surface area contributed by atoms with Crippen molar-refractivity contribution in [2.24, 2.45) is 0 Å². The van der Waals surface area contributed by atoms with Crippen molar-refractivity contribution in [3.8, 4) is 29.1 Å². The lowest BCUT2D eigenvalue weighted by molar-refractivity contribution is 0.324. The molecule has 7 heteroatoms. The zero-order valence-electron chi connectivity index (χ0n) is 13.2. The largest absolute Gasteiger partial charge is 0.493 e. The summed E-state index contributed by atoms with van der Waals surface area (Å²) in [5, 5.41) is 0. The van der Waals surface area contributed by atoms with Gasteiger partial charge in [-0.2, -0.15) is 4.98 Å². The van der Waals surface area contributed by atoms with Crippen LogP contribution < -0.4 is 25.7 Å². The predicted molar refractivity (Wildman–Crippen MR) is 87.5 cm³/mol. The molecule has 2 rings (SSSR count). The molecular formula is C16H18N4O3. The molecule has 1 heterocycles. The highest BCUT2D eigenvalue weighted by Gasteiger charge is 2.12. The molecule has 120 valence electrons. The van der Waals surface area contributed by atoms with E-state index in [1.54, 1.807) is 21.3 Å². The summed E-state index contributed by atoms with van der Waals surface area (Å²) >= 11 is 0. The van der Waals surface area contributed by atoms with Gasteiger partial charge in [-0.25, -0.2) is 4.98 Å². The number of nitrogens with zero attached hydrogens (tertiary/aromatic N) is 2. The molecule has 23 heavy (non-hydrogen) atoms. The highest BCUT2D eigenvalue weighted by atomic mass is 16.5. The highest BCUT2D eigenvalue weighted by Crippen LogP contribution is 2.38. The minimum absolute atomic E-state index is 0.123. The summed E-state index contributed by atoms with van der Waals surface area (Å²) in [5.74, 6) is 8.03. The molecule has 2 aromatic rings. The molecule has 1 aromatic heterocycles. The number of rotatable bonds is 4. The number of nitrogen functional groups attached to an aromatic ring is 2. The van der Waals surface area contributed by atoms with Crippen molar-refractivity contribution in [2.45, 2.75) is 6.42 Å². The van der Waals surface area contributed by atoms with Crippen molar-refractivity contribution in [2.75, 3.05) is 32.8 Å². The maximum atomic E-state index is 5.74. The number of ether oxygens (including phenoxy) is 3. The van der Waals surface area contributed by atoms with Gasteiger partial charge in [-0.3, -0.25) is 0 Å². The van der Waals surface area contributed by atoms with Crippen molar-refractivity contribution in [1.29, 1.82) is 0 Å². The Labute approximate surface area is 134 Å². The molecule has 0 saturated heterocycles. The third-order valence-corrected chi connectivity index (χ3v) is 3.08. The Hall–Kier alpha value is -3.14. The second kappa shape index (κ2) is 7.22. The number of hydrogen-bond acceptors (Lipinski definition) is 7. The fourth-order valence-electron chi connectivity index (χ4n) is 1.98. The van der Waals surface area contributed by atoms with E-state index in [1.165, 1.54) is 6.20 Å². The van der Waals surface area contributed by atoms with Crippen molar-refractivity contribution < 1.29 is 14.2 Å². The first-order chi connectivity index (χ1) is 11.1. The van der Waals surface area contributed by atoms with Crippen molar-refractivity contribution >= 4 is 11.8 Å². The van der Waals surface area contributed by atoms with Gasteiger partial charge in [0, 0.05) is 6.42 Å². The van der Waals surface area contributed by atoms with E-state index in [4.69, 9.17) is 25.7 Å². The van der Waals surface area contributed by atoms with Gasteiger partial charge in [-0.05, 0) is 17.7 Å². The lowest BCUT2D eigenvalue weighted by atomic mass is 10.1. The van der Waals surface area contributed by atoms with Gasteiger partial charge in [-0.1, -0.05) is 11.8 Å². The van der Waals surface area contributed by atoms with E-state index in [2.05, 4.69) is 21.8 Å². The molecule has 0 spiro atoms. The molecule has 0 fully saturated rings. The molecule has 1 aromatic carbocycles. The first-order valence-corrected chi connectivity index (χ1v) is 6.74. The van der Waals surface area contributed by atoms with E-state index in [1.807, 2.05) is 12.1 Å². The third-order valence-electron chi connectivity index (χ3n) is 3.08. The Morgan fingerprint density at radius 1 is 1.04 bits per heavy atom. The van der Waals surface area contributed by atoms with Gasteiger partial charge in [-0.15, -0.1) is 0 Å². The van der Waals surface area contributed by atoms with Crippen molar-refractivity contribution in [3.05, 3.63) is 29.5 Å². The van der Waals surface area contributed by atoms with E-state index in [-0.39, 0.29) is 11.8 Å². The summed E-state index contributed by atoms with van der Waals surface area (Å²) in [6.07, 6.45) is 1.97. The van der Waals surface area contributed by atoms with Crippen LogP contribution in [0.4, 0.5) is 11.8 Å². The van der Waals surface area contributed by atoms with Gasteiger partial charge in [0.25, 0.3) is 0 Å². The average molecular weight is 314 g/mol. The van der Waals surface area contributed by atoms with Gasteiger partial charge >= 0.3 is 0 Å². The second-order valence-corrected chi connectivity index (χ2v) is 4.54. The summed E-state index contributed by atoms with van der Waals surface area (Å²) in [4.78, 5) is 7.73. The Morgan fingerprint density at radius 2 is 1.70 bits per heavy atom. The molecule has 0 atom stereocenters. The fourth-order valence-corrected chi connectivity index (χ4v) is 1.98. The molecule has 7 nitrogen and oxygen atoms in total. The lowest BCUT2D eigenvalue weighted by Crippen LogP contribution is -2.01. The first-order valence-electron chi connectivity index (χ1n) is 6.74. The summed E-state index contributed by atoms with van der Waals surface area (Å²) in [7, 11) is 4.70. The van der Waals surface area contributed by atoms with Gasteiger partial charge < -0.3 is 25.7 Å². The monoisotopic (exact) mass is 314 g/mol. The predicted octanol–water partition coefficient (Wildman–Crippen LogP) is 1.26. The van der Waals surface area contributed by atoms with Crippen LogP contribution in [-0.4, -0.2) is 31.3 Å². The molecule has 0 amide bonds. The molecule has 4 N–H and O–H groups in total. The maximum absolute atomic E-state index is 5.74. The number of aromatic nitrogens is 2. The number of methoxy groups -OCH3 is 3. The standard InChI is InChI=1S/C16H18N4O3/c1-21-12-7-10(8-13(22-2)14(12)23-3)5-4-6-11-9-19-16(18)20-15(11)17/h7-9H,5H2,1-3H3,(H4,17,18,19,20). The lowest BCUT2D eigenvalue weighted by Gasteiger charge is -2.13. The summed E-state index contributed by atoms with van der Waals surface area (Å²) in [5.41, 5.74) is 12.6. The van der Waals surface area contributed by atoms with Gasteiger partial charge in [0.1, 0.15) is 5.82 Å². The molecular weight excluding hydrogens is 296 g/mol. The van der Waals surface area contributed by atoms with Gasteiger partial charge in [0.2, 0.25) is 11.7 Å². The second-order valence-electron chi connectivity index (χ2n) is 4.54. The Kier molecular flexibility index (Phi) is 5.10. The molecule has 0 saturated carbocycles. The fraction of sp³-hybridized carbons (Fsp3) is 0.250. The molecule has 0 aliphatic carbocycles. The zero-order valence-corrected chi connectivity index (χ0v) is 13.2. The molecule has 0 bridgehead atoms. The first kappa shape index (κ1) is 16.2. The van der Waals surface area contributed by atoms with E-state index >= 15 is 0 Å². The molecule has 0 unspecified atom stereocenters. The van der Waals surface area contributed by atoms with Crippen LogP contribution in [0.25, 0.3) is 0 Å². The van der Waals surface area contributed by atoms with E-state index in [0.717, 1.165) is 5.56 Å². The van der Waals surface area contributed by atoms with E-state index in [9.17, 15) is 0 Å². The number of hydrogen-bond donors (Lipinski definition) is 2. The Bertz CT molecular complexity index is 741. The SMILES string of the molecule is COc1cc(CC#Cc2cnc(N)nc2N)cc(OC)c1OC. The Balaban J connectivity index is 2.26. The topological polar surface area (TPSA) is 106 Å². The number of benzene rings is 1. The van der Waals surface area contributed by atoms with Gasteiger partial charge in [0.15, 0.2) is 11.5 Å². The molecule has 0 aliphatic rings. The summed E-state index contributed by atoms with van der Waals surface area (Å²) in [6.45, 7) is 0. The van der Waals surface area contributed by atoms with Gasteiger partial charge in [0.05, 0.1) is 33.1 Å². The third kappa shape index (κ3) is 3.74. The van der Waals surface area contributed by atoms with Crippen LogP contribution in [0.5, 0.6) is 17.2 Å². The van der Waals surface area contributed by atoms with Crippen molar-refractivity contribution in [3.63, 3.8) is 0 Å². The molecule has 0 radical (unpaired) electrons. The normalized spacial score (nSPS) is 9.70. The maximum Gasteiger partial charge on any atom is 0.221 e. The minimum atomic E-state index is 0.123. The summed E-state index contributed by atoms with van der Waals surface area (Å²) in [6, 6.07) is 3.69. The van der Waals surface area contributed by atoms with Crippen LogP contribution in [0.2, 0.25) is 0 Å². The summed E-state index contributed by atoms with van der Waals surface area (Å²) < 4.78 is 15.9. The smallest absolute Gasteiger partial charge is 0.221 e. The average Bonchev–Trinajstić information content (AvgIpc) is 2.55. The van der Waals surface area contributed by atoms with E-state index < -0.39 is 0 Å². The number of anilines is 2. The van der Waals surface area contributed by atoms with Crippen LogP contribution in [-0.2, 0) is 6.42 Å². The van der Waals surface area contributed by atoms with Crippen molar-refractivity contribution in [1.82, 2.24) is 9.97 Å². The quantitative estimate of drug-likeness (QED) is 0.818. The van der Waals surface area contributed by atoms with Crippen LogP contribution in [0.15, 0.2) is 18.3 Å². The minimum Gasteiger partial charge on any atom is -0.493 e. The number of nitrogens with two attached hydrogens (primary N) is 2. The van der Waals surface area contributed by atoms with Crippen LogP contribution in [0, 0.1) is 11.8 Å². The van der Waals surface area contributed by atoms with Crippen LogP contribution in [0.1, 0.15) is 11.1 Å². The highest BCUT2D eigenvalue weighted by molar-refractivity contribution is 5.55. The zero-order chi connectivity index (χ0) is 16.8. The Morgan fingerprint density at radius 3 is 2.22 bits per heavy atom. The molecule has 0 aliphatic heterocycles.